The molecule has 0 saturated heterocycles. The smallest absolute Gasteiger partial charge is 0.343 e. The summed E-state index contributed by atoms with van der Waals surface area (Å²) in [5, 5.41) is 14.7. The maximum Gasteiger partial charge on any atom is 0.343 e. The number of nitrogens with one attached hydrogen (secondary N) is 1. The molecular weight excluding hydrogens is 865 g/mol. The number of fused-ring (bicyclic) bond motifs is 5. The van der Waals surface area contributed by atoms with Gasteiger partial charge in [-0.2, -0.15) is 0 Å². The summed E-state index contributed by atoms with van der Waals surface area (Å²) in [4.78, 5) is 67.7. The first-order chi connectivity index (χ1) is 32.1. The van der Waals surface area contributed by atoms with Crippen LogP contribution in [-0.2, 0) is 39.5 Å². The fraction of sp³-hybridized carbons (Fsp3) is 0.300. The van der Waals surface area contributed by atoms with Crippen molar-refractivity contribution in [3.05, 3.63) is 134 Å². The second-order valence-electron chi connectivity index (χ2n) is 17.1. The number of benzene rings is 3. The maximum atomic E-state index is 15.2. The van der Waals surface area contributed by atoms with Gasteiger partial charge in [-0.1, -0.05) is 26.5 Å². The molecule has 0 spiro atoms. The van der Waals surface area contributed by atoms with Crippen LogP contribution in [-0.4, -0.2) is 74.1 Å². The first-order valence-corrected chi connectivity index (χ1v) is 21.9. The van der Waals surface area contributed by atoms with Crippen molar-refractivity contribution in [2.75, 3.05) is 37.9 Å². The number of amides is 2. The highest BCUT2D eigenvalue weighted by Crippen LogP contribution is 2.43. The third kappa shape index (κ3) is 8.02. The van der Waals surface area contributed by atoms with Crippen LogP contribution in [0.25, 0.3) is 33.5 Å². The number of aromatic nitrogens is 4. The monoisotopic (exact) mass is 911 g/mol. The number of nitrogen functional groups attached to an aromatic ring is 1. The highest BCUT2D eigenvalue weighted by Gasteiger charge is 2.45. The number of nitrogens with zero attached hydrogens (tertiary/aromatic N) is 5. The highest BCUT2D eigenvalue weighted by molar-refractivity contribution is 6.05. The summed E-state index contributed by atoms with van der Waals surface area (Å²) in [6.45, 7) is 9.17. The van der Waals surface area contributed by atoms with E-state index >= 15 is 4.39 Å². The minimum atomic E-state index is -1.93. The molecule has 1 atom stereocenters. The Hall–Kier alpha value is -7.53. The fourth-order valence-corrected chi connectivity index (χ4v) is 8.87. The van der Waals surface area contributed by atoms with Crippen molar-refractivity contribution >= 4 is 40.2 Å². The molecule has 15 nitrogen and oxygen atoms in total. The van der Waals surface area contributed by atoms with Crippen molar-refractivity contribution in [3.8, 4) is 34.1 Å². The number of rotatable bonds is 14. The summed E-state index contributed by atoms with van der Waals surface area (Å²) in [5.74, 6) is -2.53. The Labute approximate surface area is 383 Å². The minimum absolute atomic E-state index is 0.0333. The molecule has 5 heterocycles. The van der Waals surface area contributed by atoms with Crippen molar-refractivity contribution in [1.29, 1.82) is 0 Å². The van der Waals surface area contributed by atoms with E-state index in [9.17, 15) is 28.7 Å². The van der Waals surface area contributed by atoms with Crippen LogP contribution in [0.4, 0.5) is 20.3 Å². The number of hydrogen-bond donors (Lipinski definition) is 3. The second kappa shape index (κ2) is 17.4. The third-order valence-corrected chi connectivity index (χ3v) is 12.9. The van der Waals surface area contributed by atoms with Crippen molar-refractivity contribution < 1.29 is 42.5 Å². The Balaban J connectivity index is 0.854. The number of hydrogen-bond acceptors (Lipinski definition) is 12. The van der Waals surface area contributed by atoms with Crippen LogP contribution < -0.4 is 26.1 Å². The van der Waals surface area contributed by atoms with Crippen molar-refractivity contribution in [1.82, 2.24) is 24.4 Å². The Morgan fingerprint density at radius 1 is 1.04 bits per heavy atom. The van der Waals surface area contributed by atoms with Crippen LogP contribution in [0.2, 0.25) is 0 Å². The van der Waals surface area contributed by atoms with Gasteiger partial charge >= 0.3 is 5.97 Å². The average Bonchev–Trinajstić information content (AvgIpc) is 4.11. The van der Waals surface area contributed by atoms with Gasteiger partial charge in [0.25, 0.3) is 17.4 Å². The number of ether oxygens (including phenoxy) is 3. The molecule has 3 aromatic heterocycles. The molecular formula is C50H47F2N7O8. The van der Waals surface area contributed by atoms with Gasteiger partial charge in [-0.3, -0.25) is 14.4 Å². The first-order valence-electron chi connectivity index (χ1n) is 21.9. The standard InChI is InChI=1S/C50H47F2N7O8/c1-6-31-34-19-30(11-13-39(34)56-42-35(31)21-59-41(42)20-37-36(48(59)62)23-67-49(63)50(37,64)7-2)66-22-25(3)47(61)58(5)14-15-65-44-43(54-24-55-45(44)53)33-17-29(51)18-40(26(33)4)57-46(60)32-12-10-28(16-38(32)52)27-8-9-27/h10-13,16-20,24,27,64H,3,6-9,14-15,21-23H2,1-2,4-5H3,(H,57,60)(H2,53,54,55)/t50-/m0/s1. The van der Waals surface area contributed by atoms with Gasteiger partial charge in [0.2, 0.25) is 0 Å². The van der Waals surface area contributed by atoms with Crippen molar-refractivity contribution in [3.63, 3.8) is 0 Å². The Kier molecular flexibility index (Phi) is 11.6. The van der Waals surface area contributed by atoms with Crippen LogP contribution >= 0.6 is 0 Å². The zero-order chi connectivity index (χ0) is 47.5. The minimum Gasteiger partial charge on any atom is -0.489 e. The molecule has 1 saturated carbocycles. The number of likely N-dealkylation sites (N-methyl/N-ethyl adjacent to an activating group) is 1. The molecule has 2 amide bonds. The first kappa shape index (κ1) is 44.7. The Morgan fingerprint density at radius 2 is 1.84 bits per heavy atom. The lowest BCUT2D eigenvalue weighted by atomic mass is 9.86. The summed E-state index contributed by atoms with van der Waals surface area (Å²) < 4.78 is 49.0. The van der Waals surface area contributed by atoms with Gasteiger partial charge < -0.3 is 39.8 Å². The number of cyclic esters (lactones) is 1. The molecule has 17 heteroatoms. The van der Waals surface area contributed by atoms with E-state index in [1.807, 2.05) is 13.0 Å². The summed E-state index contributed by atoms with van der Waals surface area (Å²) in [7, 11) is 1.57. The van der Waals surface area contributed by atoms with E-state index in [1.54, 1.807) is 49.7 Å². The molecule has 344 valence electrons. The molecule has 2 aliphatic heterocycles. The number of carbonyl (C=O) groups excluding carboxylic acids is 3. The molecule has 1 fully saturated rings. The number of nitrogens with two attached hydrogens (primary N) is 1. The number of halogens is 2. The van der Waals surface area contributed by atoms with Gasteiger partial charge in [0.1, 0.15) is 49.2 Å². The van der Waals surface area contributed by atoms with Gasteiger partial charge in [-0.05, 0) is 104 Å². The average molecular weight is 912 g/mol. The van der Waals surface area contributed by atoms with E-state index in [2.05, 4.69) is 21.9 Å². The van der Waals surface area contributed by atoms with Crippen LogP contribution in [0.5, 0.6) is 11.5 Å². The Morgan fingerprint density at radius 3 is 2.57 bits per heavy atom. The van der Waals surface area contributed by atoms with Gasteiger partial charge in [0, 0.05) is 40.4 Å². The lowest BCUT2D eigenvalue weighted by Gasteiger charge is -2.31. The number of anilines is 2. The highest BCUT2D eigenvalue weighted by atomic mass is 19.1. The van der Waals surface area contributed by atoms with E-state index in [1.165, 1.54) is 29.4 Å². The quantitative estimate of drug-likeness (QED) is 0.0757. The van der Waals surface area contributed by atoms with Gasteiger partial charge in [0.15, 0.2) is 17.2 Å². The van der Waals surface area contributed by atoms with Gasteiger partial charge in [-0.25, -0.2) is 28.5 Å². The molecule has 1 aliphatic carbocycles. The fourth-order valence-electron chi connectivity index (χ4n) is 8.87. The van der Waals surface area contributed by atoms with Gasteiger partial charge in [0.05, 0.1) is 41.1 Å². The number of esters is 1. The zero-order valence-corrected chi connectivity index (χ0v) is 37.3. The van der Waals surface area contributed by atoms with E-state index in [0.29, 0.717) is 40.6 Å². The van der Waals surface area contributed by atoms with E-state index < -0.39 is 35.0 Å². The van der Waals surface area contributed by atoms with E-state index in [4.69, 9.17) is 24.9 Å². The normalized spacial score (nSPS) is 15.9. The second-order valence-corrected chi connectivity index (χ2v) is 17.1. The predicted octanol–water partition coefficient (Wildman–Crippen LogP) is 6.87. The third-order valence-electron chi connectivity index (χ3n) is 12.9. The topological polar surface area (TPSA) is 201 Å². The van der Waals surface area contributed by atoms with Gasteiger partial charge in [-0.15, -0.1) is 0 Å². The molecule has 67 heavy (non-hydrogen) atoms. The number of carbonyl (C=O) groups is 3. The Bertz CT molecular complexity index is 3150. The summed E-state index contributed by atoms with van der Waals surface area (Å²) >= 11 is 0. The SMILES string of the molecule is C=C(COc1ccc2nc3c(c(CC)c2c1)Cn1c-3cc2c(c1=O)COC(=O)[C@]2(O)CC)C(=O)N(C)CCOc1c(N)ncnc1-c1cc(F)cc(NC(=O)c2ccc(C3CC3)cc2F)c1C. The number of pyridine rings is 2. The van der Waals surface area contributed by atoms with Crippen molar-refractivity contribution in [2.24, 2.45) is 0 Å². The van der Waals surface area contributed by atoms with E-state index in [0.717, 1.165) is 41.0 Å². The molecule has 0 unspecified atom stereocenters. The molecule has 3 aliphatic rings. The molecule has 4 N–H and O–H groups in total. The summed E-state index contributed by atoms with van der Waals surface area (Å²) in [6.07, 6.45) is 3.81. The van der Waals surface area contributed by atoms with Crippen LogP contribution in [0.15, 0.2) is 77.9 Å². The molecule has 9 rings (SSSR count). The lowest BCUT2D eigenvalue weighted by Crippen LogP contribution is -2.44. The van der Waals surface area contributed by atoms with Crippen LogP contribution in [0, 0.1) is 18.6 Å². The maximum absolute atomic E-state index is 15.2. The lowest BCUT2D eigenvalue weighted by molar-refractivity contribution is -0.172. The molecule has 3 aromatic carbocycles. The number of aliphatic hydroxyl groups is 1. The molecule has 6 aromatic rings. The van der Waals surface area contributed by atoms with Crippen LogP contribution in [0.3, 0.4) is 0 Å². The summed E-state index contributed by atoms with van der Waals surface area (Å²) in [6, 6.07) is 13.9. The number of aryl methyl sites for hydroxylation is 1. The molecule has 0 radical (unpaired) electrons. The predicted molar refractivity (Wildman–Crippen MR) is 245 cm³/mol. The largest absolute Gasteiger partial charge is 0.489 e. The van der Waals surface area contributed by atoms with Crippen molar-refractivity contribution in [2.45, 2.75) is 71.1 Å². The zero-order valence-electron chi connectivity index (χ0n) is 37.3. The van der Waals surface area contributed by atoms with E-state index in [-0.39, 0.29) is 95.7 Å². The van der Waals surface area contributed by atoms with Crippen LogP contribution in [0.1, 0.15) is 82.8 Å². The molecule has 0 bridgehead atoms. The summed E-state index contributed by atoms with van der Waals surface area (Å²) in [5.41, 5.74) is 9.75.